The van der Waals surface area contributed by atoms with Gasteiger partial charge in [0, 0.05) is 17.0 Å². The molecule has 2 aliphatic heterocycles. The van der Waals surface area contributed by atoms with Crippen molar-refractivity contribution in [1.29, 1.82) is 0 Å². The van der Waals surface area contributed by atoms with Crippen molar-refractivity contribution >= 4 is 27.3 Å². The van der Waals surface area contributed by atoms with Crippen molar-refractivity contribution in [3.05, 3.63) is 69.7 Å². The maximum atomic E-state index is 15.0. The fourth-order valence-corrected chi connectivity index (χ4v) is 5.05. The predicted octanol–water partition coefficient (Wildman–Crippen LogP) is 5.38. The van der Waals surface area contributed by atoms with Crippen LogP contribution in [0.5, 0.6) is 0 Å². The molecule has 0 bridgehead atoms. The van der Waals surface area contributed by atoms with Gasteiger partial charge in [-0.05, 0) is 29.3 Å². The number of hydrogen-bond donors (Lipinski definition) is 0. The lowest BCUT2D eigenvalue weighted by atomic mass is 9.85. The first-order valence-corrected chi connectivity index (χ1v) is 12.1. The van der Waals surface area contributed by atoms with Crippen molar-refractivity contribution in [3.63, 3.8) is 0 Å². The zero-order chi connectivity index (χ0) is 26.0. The largest absolute Gasteiger partial charge is 0.435 e. The van der Waals surface area contributed by atoms with Crippen LogP contribution in [0.4, 0.5) is 30.7 Å². The highest BCUT2D eigenvalue weighted by atomic mass is 35.5. The Kier molecular flexibility index (Phi) is 5.93. The minimum atomic E-state index is -5.16. The van der Waals surface area contributed by atoms with Gasteiger partial charge in [0.2, 0.25) is 10.0 Å². The molecule has 0 aliphatic carbocycles. The number of oxime groups is 1. The number of nitrogens with zero attached hydrogens (tertiary/aromatic N) is 2. The Labute approximate surface area is 200 Å². The lowest BCUT2D eigenvalue weighted by Gasteiger charge is -2.43. The Bertz CT molecular complexity index is 1290. The van der Waals surface area contributed by atoms with Gasteiger partial charge >= 0.3 is 12.4 Å². The third kappa shape index (κ3) is 4.60. The van der Waals surface area contributed by atoms with Gasteiger partial charge in [0.05, 0.1) is 30.6 Å². The average Bonchev–Trinajstić information content (AvgIpc) is 3.17. The maximum absolute atomic E-state index is 15.0. The standard InChI is InChI=1S/C21H16ClF7N2O3S/c1-35(32,33)31-10-18(23,11-31)13-4-2-12(3-5-13)17-9-19(34-30-17,21(27,28)29)14-6-15(20(24,25)26)8-16(22)7-14/h2-8H,9-11H2,1H3. The minimum Gasteiger partial charge on any atom is -0.374 e. The van der Waals surface area contributed by atoms with E-state index >= 15 is 0 Å². The molecule has 1 fully saturated rings. The third-order valence-electron chi connectivity index (χ3n) is 5.94. The van der Waals surface area contributed by atoms with Crippen LogP contribution >= 0.6 is 11.6 Å². The van der Waals surface area contributed by atoms with E-state index in [0.29, 0.717) is 12.1 Å². The zero-order valence-electron chi connectivity index (χ0n) is 17.7. The van der Waals surface area contributed by atoms with Crippen LogP contribution in [0.3, 0.4) is 0 Å². The van der Waals surface area contributed by atoms with Crippen molar-refractivity contribution in [1.82, 2.24) is 4.31 Å². The summed E-state index contributed by atoms with van der Waals surface area (Å²) in [7, 11) is -3.56. The number of benzene rings is 2. The molecule has 0 spiro atoms. The molecule has 0 N–H and O–H groups in total. The Morgan fingerprint density at radius 2 is 1.60 bits per heavy atom. The summed E-state index contributed by atoms with van der Waals surface area (Å²) >= 11 is 5.68. The third-order valence-corrected chi connectivity index (χ3v) is 7.35. The molecule has 14 heteroatoms. The van der Waals surface area contributed by atoms with Gasteiger partial charge in [-0.1, -0.05) is 41.0 Å². The molecule has 2 aromatic carbocycles. The molecule has 190 valence electrons. The zero-order valence-corrected chi connectivity index (χ0v) is 19.3. The van der Waals surface area contributed by atoms with E-state index in [4.69, 9.17) is 16.4 Å². The number of sulfonamides is 1. The second-order valence-corrected chi connectivity index (χ2v) is 10.8. The highest BCUT2D eigenvalue weighted by molar-refractivity contribution is 7.88. The highest BCUT2D eigenvalue weighted by Crippen LogP contribution is 2.50. The summed E-state index contributed by atoms with van der Waals surface area (Å²) in [5.41, 5.74) is -7.38. The first-order valence-electron chi connectivity index (χ1n) is 9.90. The number of alkyl halides is 7. The molecule has 1 unspecified atom stereocenters. The van der Waals surface area contributed by atoms with Crippen LogP contribution in [0.2, 0.25) is 5.02 Å². The molecule has 35 heavy (non-hydrogen) atoms. The van der Waals surface area contributed by atoms with Crippen LogP contribution < -0.4 is 0 Å². The average molecular weight is 545 g/mol. The highest BCUT2D eigenvalue weighted by Gasteiger charge is 2.62. The first kappa shape index (κ1) is 25.7. The number of hydrogen-bond acceptors (Lipinski definition) is 4. The number of halogens is 8. The monoisotopic (exact) mass is 544 g/mol. The van der Waals surface area contributed by atoms with E-state index in [0.717, 1.165) is 16.6 Å². The van der Waals surface area contributed by atoms with Gasteiger partial charge in [-0.2, -0.15) is 30.6 Å². The first-order chi connectivity index (χ1) is 15.9. The Morgan fingerprint density at radius 3 is 2.11 bits per heavy atom. The Morgan fingerprint density at radius 1 is 1.00 bits per heavy atom. The predicted molar refractivity (Wildman–Crippen MR) is 112 cm³/mol. The normalized spacial score (nSPS) is 22.9. The van der Waals surface area contributed by atoms with Crippen LogP contribution in [-0.2, 0) is 32.3 Å². The van der Waals surface area contributed by atoms with Crippen molar-refractivity contribution in [2.75, 3.05) is 19.3 Å². The van der Waals surface area contributed by atoms with Gasteiger partial charge < -0.3 is 4.84 Å². The summed E-state index contributed by atoms with van der Waals surface area (Å²) in [6.45, 7) is -0.800. The van der Waals surface area contributed by atoms with Crippen LogP contribution in [0.15, 0.2) is 47.6 Å². The molecule has 2 aliphatic rings. The van der Waals surface area contributed by atoms with E-state index in [1.165, 1.54) is 24.3 Å². The SMILES string of the molecule is CS(=O)(=O)N1CC(F)(c2ccc(C3=NOC(c4cc(Cl)cc(C(F)(F)F)c4)(C(F)(F)F)C3)cc2)C1. The molecule has 4 rings (SSSR count). The summed E-state index contributed by atoms with van der Waals surface area (Å²) in [5.74, 6) is 0. The lowest BCUT2D eigenvalue weighted by molar-refractivity contribution is -0.276. The number of rotatable bonds is 4. The van der Waals surface area contributed by atoms with E-state index in [1.807, 2.05) is 0 Å². The van der Waals surface area contributed by atoms with Crippen LogP contribution in [-0.4, -0.2) is 44.0 Å². The van der Waals surface area contributed by atoms with Gasteiger partial charge in [-0.15, -0.1) is 0 Å². The van der Waals surface area contributed by atoms with Crippen molar-refractivity contribution in [2.45, 2.75) is 30.0 Å². The summed E-state index contributed by atoms with van der Waals surface area (Å²) in [5, 5.41) is 2.93. The van der Waals surface area contributed by atoms with Crippen LogP contribution in [0.1, 0.15) is 28.7 Å². The van der Waals surface area contributed by atoms with Gasteiger partial charge in [0.15, 0.2) is 5.67 Å². The Hall–Kier alpha value is -2.38. The molecule has 0 amide bonds. The summed E-state index contributed by atoms with van der Waals surface area (Å²) in [6, 6.07) is 6.70. The van der Waals surface area contributed by atoms with Gasteiger partial charge in [-0.25, -0.2) is 12.8 Å². The maximum Gasteiger partial charge on any atom is 0.435 e. The van der Waals surface area contributed by atoms with E-state index in [9.17, 15) is 39.2 Å². The second-order valence-electron chi connectivity index (χ2n) is 8.43. The van der Waals surface area contributed by atoms with E-state index in [1.54, 1.807) is 0 Å². The molecule has 0 saturated carbocycles. The van der Waals surface area contributed by atoms with Crippen molar-refractivity contribution in [2.24, 2.45) is 5.16 Å². The molecular weight excluding hydrogens is 529 g/mol. The lowest BCUT2D eigenvalue weighted by Crippen LogP contribution is -2.58. The Balaban J connectivity index is 1.61. The molecule has 1 saturated heterocycles. The van der Waals surface area contributed by atoms with E-state index in [2.05, 4.69) is 5.16 Å². The second kappa shape index (κ2) is 8.07. The topological polar surface area (TPSA) is 59.0 Å². The molecule has 0 radical (unpaired) electrons. The summed E-state index contributed by atoms with van der Waals surface area (Å²) < 4.78 is 121. The van der Waals surface area contributed by atoms with Gasteiger partial charge in [0.25, 0.3) is 5.60 Å². The molecular formula is C21H16ClF7N2O3S. The fraction of sp³-hybridized carbons (Fsp3) is 0.381. The molecule has 2 aromatic rings. The summed E-state index contributed by atoms with van der Waals surface area (Å²) in [4.78, 5) is 4.75. The fourth-order valence-electron chi connectivity index (χ4n) is 3.94. The van der Waals surface area contributed by atoms with E-state index in [-0.39, 0.29) is 16.8 Å². The van der Waals surface area contributed by atoms with E-state index < -0.39 is 69.3 Å². The van der Waals surface area contributed by atoms with Crippen molar-refractivity contribution in [3.8, 4) is 0 Å². The van der Waals surface area contributed by atoms with Crippen LogP contribution in [0, 0.1) is 0 Å². The van der Waals surface area contributed by atoms with Crippen LogP contribution in [0.25, 0.3) is 0 Å². The molecule has 5 nitrogen and oxygen atoms in total. The van der Waals surface area contributed by atoms with Gasteiger partial charge in [0.1, 0.15) is 0 Å². The molecule has 2 heterocycles. The quantitative estimate of drug-likeness (QED) is 0.486. The molecule has 1 atom stereocenters. The minimum absolute atomic E-state index is 0.118. The van der Waals surface area contributed by atoms with Gasteiger partial charge in [-0.3, -0.25) is 0 Å². The molecule has 0 aromatic heterocycles. The smallest absolute Gasteiger partial charge is 0.374 e. The summed E-state index contributed by atoms with van der Waals surface area (Å²) in [6.07, 6.45) is -10.1. The van der Waals surface area contributed by atoms with Crippen molar-refractivity contribution < 1.29 is 44.0 Å².